The average Bonchev–Trinajstić information content (AvgIpc) is 3.41. The van der Waals surface area contributed by atoms with Gasteiger partial charge in [0.15, 0.2) is 0 Å². The Morgan fingerprint density at radius 1 is 1.14 bits per heavy atom. The molecule has 28 heavy (non-hydrogen) atoms. The molecule has 0 spiro atoms. The number of carbonyl (C=O) groups excluding carboxylic acids is 2. The number of carboxylic acid groups (broad SMARTS) is 1. The van der Waals surface area contributed by atoms with Crippen molar-refractivity contribution in [2.45, 2.75) is 63.1 Å². The Balaban J connectivity index is 1.71. The van der Waals surface area contributed by atoms with E-state index in [0.717, 1.165) is 37.7 Å². The number of nitrogens with zero attached hydrogens (tertiary/aromatic N) is 2. The summed E-state index contributed by atoms with van der Waals surface area (Å²) in [6.45, 7) is 0. The van der Waals surface area contributed by atoms with E-state index in [1.54, 1.807) is 0 Å². The highest BCUT2D eigenvalue weighted by Gasteiger charge is 2.51. The van der Waals surface area contributed by atoms with Crippen LogP contribution in [0.5, 0.6) is 0 Å². The first-order valence-corrected chi connectivity index (χ1v) is 10.0. The number of hydrogen-bond donors (Lipinski definition) is 1. The van der Waals surface area contributed by atoms with Crippen molar-refractivity contribution in [2.75, 3.05) is 12.0 Å². The summed E-state index contributed by atoms with van der Waals surface area (Å²) < 4.78 is 4.69. The minimum absolute atomic E-state index is 0.0397. The predicted octanol–water partition coefficient (Wildman–Crippen LogP) is 3.34. The summed E-state index contributed by atoms with van der Waals surface area (Å²) in [5.74, 6) is -0.334. The minimum Gasteiger partial charge on any atom is -0.469 e. The van der Waals surface area contributed by atoms with Gasteiger partial charge in [-0.1, -0.05) is 24.6 Å². The Hall–Kier alpha value is -2.57. The maximum Gasteiger partial charge on any atom is 0.412 e. The third kappa shape index (κ3) is 3.23. The van der Waals surface area contributed by atoms with Gasteiger partial charge in [0.05, 0.1) is 25.3 Å². The number of anilines is 1. The van der Waals surface area contributed by atoms with Crippen LogP contribution < -0.4 is 4.90 Å². The standard InChI is InChI=1S/C21H26N2O5/c1-28-19(25)12-11-18(24)22(13-9-10-13)20-14-5-2-3-7-16(14)23(21(26)27)17-8-4-6-15(17)20/h2-3,5,7,13,15,17,20H,4,6,8-12H2,1H3,(H,26,27). The van der Waals surface area contributed by atoms with E-state index >= 15 is 0 Å². The molecule has 0 aromatic heterocycles. The van der Waals surface area contributed by atoms with E-state index in [4.69, 9.17) is 0 Å². The van der Waals surface area contributed by atoms with Gasteiger partial charge in [0, 0.05) is 24.4 Å². The molecule has 0 bridgehead atoms. The fourth-order valence-electron chi connectivity index (χ4n) is 5.00. The maximum absolute atomic E-state index is 13.1. The summed E-state index contributed by atoms with van der Waals surface area (Å²) in [6, 6.07) is 7.50. The average molecular weight is 386 g/mol. The van der Waals surface area contributed by atoms with Gasteiger partial charge >= 0.3 is 12.1 Å². The van der Waals surface area contributed by atoms with Crippen molar-refractivity contribution in [3.8, 4) is 0 Å². The molecule has 3 atom stereocenters. The van der Waals surface area contributed by atoms with Crippen molar-refractivity contribution < 1.29 is 24.2 Å². The fourth-order valence-corrected chi connectivity index (χ4v) is 5.00. The summed E-state index contributed by atoms with van der Waals surface area (Å²) in [5.41, 5.74) is 1.60. The van der Waals surface area contributed by atoms with Crippen molar-refractivity contribution in [2.24, 2.45) is 5.92 Å². The zero-order valence-corrected chi connectivity index (χ0v) is 16.0. The zero-order chi connectivity index (χ0) is 19.8. The molecule has 0 saturated heterocycles. The van der Waals surface area contributed by atoms with Gasteiger partial charge < -0.3 is 14.7 Å². The summed E-state index contributed by atoms with van der Waals surface area (Å²) in [4.78, 5) is 40.2. The van der Waals surface area contributed by atoms with Gasteiger partial charge in [-0.05, 0) is 37.3 Å². The Bertz CT molecular complexity index is 791. The highest BCUT2D eigenvalue weighted by atomic mass is 16.5. The van der Waals surface area contributed by atoms with Gasteiger partial charge in [-0.25, -0.2) is 4.79 Å². The van der Waals surface area contributed by atoms with E-state index in [0.29, 0.717) is 5.69 Å². The Morgan fingerprint density at radius 3 is 2.57 bits per heavy atom. The molecule has 7 heteroatoms. The second-order valence-corrected chi connectivity index (χ2v) is 7.93. The lowest BCUT2D eigenvalue weighted by atomic mass is 9.81. The number of benzene rings is 1. The molecule has 2 amide bonds. The number of ether oxygens (including phenoxy) is 1. The first-order chi connectivity index (χ1) is 13.5. The molecule has 4 rings (SSSR count). The number of amides is 2. The lowest BCUT2D eigenvalue weighted by Gasteiger charge is -2.46. The van der Waals surface area contributed by atoms with Crippen LogP contribution in [0.3, 0.4) is 0 Å². The largest absolute Gasteiger partial charge is 0.469 e. The molecule has 0 radical (unpaired) electrons. The van der Waals surface area contributed by atoms with Gasteiger partial charge in [0.25, 0.3) is 0 Å². The zero-order valence-electron chi connectivity index (χ0n) is 16.0. The number of hydrogen-bond acceptors (Lipinski definition) is 4. The quantitative estimate of drug-likeness (QED) is 0.784. The second kappa shape index (κ2) is 7.45. The molecule has 2 aliphatic carbocycles. The van der Waals surface area contributed by atoms with Gasteiger partial charge in [0.1, 0.15) is 0 Å². The van der Waals surface area contributed by atoms with Crippen molar-refractivity contribution in [3.63, 3.8) is 0 Å². The molecular weight excluding hydrogens is 360 g/mol. The number of esters is 1. The molecule has 1 aromatic rings. The summed E-state index contributed by atoms with van der Waals surface area (Å²) in [7, 11) is 1.33. The molecule has 2 fully saturated rings. The normalized spacial score (nSPS) is 25.6. The van der Waals surface area contributed by atoms with E-state index in [1.165, 1.54) is 12.0 Å². The van der Waals surface area contributed by atoms with Crippen LogP contribution in [0.4, 0.5) is 10.5 Å². The first kappa shape index (κ1) is 18.8. The molecular formula is C21H26N2O5. The van der Waals surface area contributed by atoms with Crippen LogP contribution >= 0.6 is 0 Å². The lowest BCUT2D eigenvalue weighted by Crippen LogP contribution is -2.52. The Kier molecular flexibility index (Phi) is 5.00. The van der Waals surface area contributed by atoms with E-state index in [9.17, 15) is 19.5 Å². The van der Waals surface area contributed by atoms with Crippen LogP contribution in [0.25, 0.3) is 0 Å². The van der Waals surface area contributed by atoms with Crippen LogP contribution in [0.2, 0.25) is 0 Å². The van der Waals surface area contributed by atoms with Crippen LogP contribution in [0.1, 0.15) is 56.6 Å². The van der Waals surface area contributed by atoms with Gasteiger partial charge in [-0.2, -0.15) is 0 Å². The number of para-hydroxylation sites is 1. The van der Waals surface area contributed by atoms with Crippen molar-refractivity contribution in [1.82, 2.24) is 4.90 Å². The highest BCUT2D eigenvalue weighted by molar-refractivity contribution is 5.90. The van der Waals surface area contributed by atoms with E-state index in [-0.39, 0.29) is 48.8 Å². The van der Waals surface area contributed by atoms with Crippen LogP contribution in [-0.2, 0) is 14.3 Å². The molecule has 1 aliphatic heterocycles. The second-order valence-electron chi connectivity index (χ2n) is 7.93. The molecule has 1 heterocycles. The smallest absolute Gasteiger partial charge is 0.412 e. The molecule has 1 N–H and O–H groups in total. The third-order valence-electron chi connectivity index (χ3n) is 6.29. The van der Waals surface area contributed by atoms with Crippen molar-refractivity contribution in [3.05, 3.63) is 29.8 Å². The third-order valence-corrected chi connectivity index (χ3v) is 6.29. The van der Waals surface area contributed by atoms with Gasteiger partial charge in [-0.3, -0.25) is 14.5 Å². The predicted molar refractivity (Wildman–Crippen MR) is 102 cm³/mol. The van der Waals surface area contributed by atoms with E-state index in [1.807, 2.05) is 29.2 Å². The molecule has 2 saturated carbocycles. The summed E-state index contributed by atoms with van der Waals surface area (Å²) >= 11 is 0. The van der Waals surface area contributed by atoms with Crippen LogP contribution in [0, 0.1) is 5.92 Å². The van der Waals surface area contributed by atoms with Crippen molar-refractivity contribution in [1.29, 1.82) is 0 Å². The number of methoxy groups -OCH3 is 1. The fraction of sp³-hybridized carbons (Fsp3) is 0.571. The van der Waals surface area contributed by atoms with Gasteiger partial charge in [-0.15, -0.1) is 0 Å². The summed E-state index contributed by atoms with van der Waals surface area (Å²) in [6.07, 6.45) is 3.86. The minimum atomic E-state index is -0.933. The summed E-state index contributed by atoms with van der Waals surface area (Å²) in [5, 5.41) is 9.85. The number of fused-ring (bicyclic) bond motifs is 2. The maximum atomic E-state index is 13.1. The molecule has 3 aliphatic rings. The molecule has 150 valence electrons. The van der Waals surface area contributed by atoms with Crippen molar-refractivity contribution >= 4 is 23.7 Å². The molecule has 3 unspecified atom stereocenters. The van der Waals surface area contributed by atoms with Gasteiger partial charge in [0.2, 0.25) is 5.91 Å². The number of rotatable bonds is 5. The lowest BCUT2D eigenvalue weighted by molar-refractivity contribution is -0.145. The topological polar surface area (TPSA) is 87.2 Å². The monoisotopic (exact) mass is 386 g/mol. The Labute approximate surface area is 164 Å². The SMILES string of the molecule is COC(=O)CCC(=O)N(C1CC1)C1c2ccccc2N(C(=O)O)C2CCCC21. The highest BCUT2D eigenvalue weighted by Crippen LogP contribution is 2.52. The van der Waals surface area contributed by atoms with E-state index < -0.39 is 6.09 Å². The van der Waals surface area contributed by atoms with Crippen LogP contribution in [0.15, 0.2) is 24.3 Å². The molecule has 1 aromatic carbocycles. The van der Waals surface area contributed by atoms with Crippen LogP contribution in [-0.4, -0.2) is 47.2 Å². The first-order valence-electron chi connectivity index (χ1n) is 10.0. The molecule has 7 nitrogen and oxygen atoms in total. The van der Waals surface area contributed by atoms with E-state index in [2.05, 4.69) is 4.74 Å². The number of carbonyl (C=O) groups is 3. The Morgan fingerprint density at radius 2 is 1.89 bits per heavy atom.